The second kappa shape index (κ2) is 11.6. The van der Waals surface area contributed by atoms with Gasteiger partial charge in [0.1, 0.15) is 5.75 Å². The lowest BCUT2D eigenvalue weighted by molar-refractivity contribution is -0.137. The third-order valence-electron chi connectivity index (χ3n) is 7.24. The van der Waals surface area contributed by atoms with Gasteiger partial charge in [0.15, 0.2) is 0 Å². The molecular formula is C28H29BrN2O7. The number of aromatic nitrogens is 1. The summed E-state index contributed by atoms with van der Waals surface area (Å²) < 4.78 is 5.40. The van der Waals surface area contributed by atoms with Crippen molar-refractivity contribution in [2.24, 2.45) is 17.8 Å². The Labute approximate surface area is 228 Å². The summed E-state index contributed by atoms with van der Waals surface area (Å²) in [5, 5.41) is 32.0. The number of phenols is 1. The van der Waals surface area contributed by atoms with Crippen molar-refractivity contribution in [2.45, 2.75) is 32.3 Å². The van der Waals surface area contributed by atoms with Crippen LogP contribution < -0.4 is 0 Å². The highest BCUT2D eigenvalue weighted by Gasteiger charge is 2.56. The molecule has 0 radical (unpaired) electrons. The first kappa shape index (κ1) is 27.7. The standard InChI is InChI=1S/C28H29BrN2O7/c1-15-11-19-25(27(36)31(26(19)35)28(37)38-2)20(14-32)24(15)23(34)8-6-16(21-5-3-4-10-30-21)12-17-13-18(29)7-9-22(17)33/h3-5,7,9-10,12-13,19-20,23,25,32-34H,6,8,11,14H2,1-2H3/b16-12-/t19-,20+,23-,25-/m1/s1. The van der Waals surface area contributed by atoms with E-state index in [2.05, 4.69) is 25.7 Å². The number of phenolic OH excluding ortho intramolecular Hbond substituents is 1. The lowest BCUT2D eigenvalue weighted by Gasteiger charge is -2.35. The number of benzene rings is 1. The first-order chi connectivity index (χ1) is 18.2. The molecule has 4 atom stereocenters. The molecule has 3 amide bonds. The van der Waals surface area contributed by atoms with E-state index in [1.165, 1.54) is 0 Å². The molecule has 2 aliphatic rings. The molecule has 200 valence electrons. The second-order valence-electron chi connectivity index (χ2n) is 9.49. The van der Waals surface area contributed by atoms with Crippen LogP contribution in [-0.2, 0) is 14.3 Å². The van der Waals surface area contributed by atoms with E-state index >= 15 is 0 Å². The van der Waals surface area contributed by atoms with Crippen LogP contribution in [0.15, 0.2) is 58.2 Å². The minimum Gasteiger partial charge on any atom is -0.507 e. The first-order valence-electron chi connectivity index (χ1n) is 12.2. The summed E-state index contributed by atoms with van der Waals surface area (Å²) in [5.41, 5.74) is 3.24. The summed E-state index contributed by atoms with van der Waals surface area (Å²) in [6.07, 6.45) is 2.20. The molecule has 1 fully saturated rings. The SMILES string of the molecule is COC(=O)N1C(=O)[C@@H]2[C@@H](CC(C)=C([C@H](O)CC/C(=C/c3cc(Br)ccc3O)c3ccccn3)[C@@H]2CO)C1=O. The van der Waals surface area contributed by atoms with Gasteiger partial charge in [0.25, 0.3) is 0 Å². The molecule has 2 aromatic rings. The number of ether oxygens (including phenoxy) is 1. The van der Waals surface area contributed by atoms with Crippen molar-refractivity contribution < 1.29 is 34.4 Å². The number of carbonyl (C=O) groups excluding carboxylic acids is 3. The lowest BCUT2D eigenvalue weighted by Crippen LogP contribution is -2.39. The number of methoxy groups -OCH3 is 1. The van der Waals surface area contributed by atoms with E-state index in [0.29, 0.717) is 33.7 Å². The zero-order valence-corrected chi connectivity index (χ0v) is 22.6. The number of fused-ring (bicyclic) bond motifs is 1. The smallest absolute Gasteiger partial charge is 0.423 e. The maximum absolute atomic E-state index is 13.1. The summed E-state index contributed by atoms with van der Waals surface area (Å²) >= 11 is 3.42. The fraction of sp³-hybridized carbons (Fsp3) is 0.357. The molecule has 0 bridgehead atoms. The molecule has 0 unspecified atom stereocenters. The zero-order chi connectivity index (χ0) is 27.6. The second-order valence-corrected chi connectivity index (χ2v) is 10.4. The number of aliphatic hydroxyl groups is 2. The minimum absolute atomic E-state index is 0.0963. The monoisotopic (exact) mass is 584 g/mol. The number of nitrogens with zero attached hydrogens (tertiary/aromatic N) is 2. The van der Waals surface area contributed by atoms with Crippen LogP contribution in [-0.4, -0.2) is 62.9 Å². The van der Waals surface area contributed by atoms with Gasteiger partial charge in [-0.25, -0.2) is 4.79 Å². The molecule has 1 saturated heterocycles. The summed E-state index contributed by atoms with van der Waals surface area (Å²) in [5.74, 6) is -3.83. The van der Waals surface area contributed by atoms with Gasteiger partial charge >= 0.3 is 6.09 Å². The number of pyridine rings is 1. The van der Waals surface area contributed by atoms with Gasteiger partial charge in [0.2, 0.25) is 11.8 Å². The molecular weight excluding hydrogens is 556 g/mol. The Balaban J connectivity index is 1.62. The highest BCUT2D eigenvalue weighted by Crippen LogP contribution is 2.46. The maximum Gasteiger partial charge on any atom is 0.423 e. The van der Waals surface area contributed by atoms with Gasteiger partial charge in [-0.3, -0.25) is 14.6 Å². The van der Waals surface area contributed by atoms with Gasteiger partial charge in [0.05, 0.1) is 37.4 Å². The van der Waals surface area contributed by atoms with Crippen molar-refractivity contribution in [3.63, 3.8) is 0 Å². The number of rotatable bonds is 7. The van der Waals surface area contributed by atoms with Gasteiger partial charge in [-0.2, -0.15) is 4.90 Å². The number of amides is 3. The molecule has 38 heavy (non-hydrogen) atoms. The fourth-order valence-corrected chi connectivity index (χ4v) is 5.87. The van der Waals surface area contributed by atoms with Gasteiger partial charge in [-0.05, 0) is 73.7 Å². The number of aliphatic hydroxyl groups excluding tert-OH is 2. The molecule has 10 heteroatoms. The van der Waals surface area contributed by atoms with Crippen molar-refractivity contribution in [1.82, 2.24) is 9.88 Å². The predicted molar refractivity (Wildman–Crippen MR) is 142 cm³/mol. The Morgan fingerprint density at radius 1 is 1.26 bits per heavy atom. The number of likely N-dealkylation sites (tertiary alicyclic amines) is 1. The van der Waals surface area contributed by atoms with Crippen LogP contribution in [0, 0.1) is 17.8 Å². The Morgan fingerprint density at radius 3 is 2.68 bits per heavy atom. The third-order valence-corrected chi connectivity index (χ3v) is 7.73. The Bertz CT molecular complexity index is 1310. The molecule has 0 saturated carbocycles. The van der Waals surface area contributed by atoms with E-state index in [-0.39, 0.29) is 18.6 Å². The van der Waals surface area contributed by atoms with Crippen LogP contribution in [0.3, 0.4) is 0 Å². The van der Waals surface area contributed by atoms with Crippen molar-refractivity contribution in [2.75, 3.05) is 13.7 Å². The number of aromatic hydroxyl groups is 1. The van der Waals surface area contributed by atoms with E-state index in [1.54, 1.807) is 37.4 Å². The molecule has 1 aromatic heterocycles. The lowest BCUT2D eigenvalue weighted by atomic mass is 9.68. The third kappa shape index (κ3) is 5.29. The number of allylic oxidation sites excluding steroid dienone is 2. The zero-order valence-electron chi connectivity index (χ0n) is 21.0. The highest BCUT2D eigenvalue weighted by atomic mass is 79.9. The van der Waals surface area contributed by atoms with Crippen LogP contribution in [0.4, 0.5) is 4.79 Å². The van der Waals surface area contributed by atoms with Crippen molar-refractivity contribution in [1.29, 1.82) is 0 Å². The molecule has 1 aliphatic carbocycles. The topological polar surface area (TPSA) is 137 Å². The van der Waals surface area contributed by atoms with Crippen molar-refractivity contribution in [3.8, 4) is 5.75 Å². The average Bonchev–Trinajstić information content (AvgIpc) is 3.16. The van der Waals surface area contributed by atoms with Crippen LogP contribution in [0.1, 0.15) is 37.4 Å². The maximum atomic E-state index is 13.1. The van der Waals surface area contributed by atoms with E-state index in [0.717, 1.165) is 17.2 Å². The predicted octanol–water partition coefficient (Wildman–Crippen LogP) is 3.93. The Morgan fingerprint density at radius 2 is 2.03 bits per heavy atom. The molecule has 2 heterocycles. The van der Waals surface area contributed by atoms with Gasteiger partial charge < -0.3 is 20.1 Å². The number of halogens is 1. The molecule has 9 nitrogen and oxygen atoms in total. The van der Waals surface area contributed by atoms with Crippen molar-refractivity contribution >= 4 is 45.5 Å². The summed E-state index contributed by atoms with van der Waals surface area (Å²) in [6.45, 7) is 1.30. The number of hydrogen-bond acceptors (Lipinski definition) is 8. The molecule has 0 spiro atoms. The quantitative estimate of drug-likeness (QED) is 0.329. The molecule has 4 rings (SSSR count). The Hall–Kier alpha value is -3.34. The number of hydrogen-bond donors (Lipinski definition) is 3. The largest absolute Gasteiger partial charge is 0.507 e. The molecule has 1 aliphatic heterocycles. The van der Waals surface area contributed by atoms with Crippen LogP contribution in [0.5, 0.6) is 5.75 Å². The number of carbonyl (C=O) groups is 3. The minimum atomic E-state index is -1.05. The Kier molecular flexibility index (Phi) is 8.44. The van der Waals surface area contributed by atoms with Crippen LogP contribution in [0.2, 0.25) is 0 Å². The van der Waals surface area contributed by atoms with Crippen LogP contribution >= 0.6 is 15.9 Å². The molecule has 1 aromatic carbocycles. The first-order valence-corrected chi connectivity index (χ1v) is 13.0. The average molecular weight is 585 g/mol. The van der Waals surface area contributed by atoms with Crippen LogP contribution in [0.25, 0.3) is 11.6 Å². The van der Waals surface area contributed by atoms with E-state index in [9.17, 15) is 29.7 Å². The summed E-state index contributed by atoms with van der Waals surface area (Å²) in [7, 11) is 1.09. The normalized spacial score (nSPS) is 22.5. The summed E-state index contributed by atoms with van der Waals surface area (Å²) in [6, 6.07) is 10.6. The van der Waals surface area contributed by atoms with E-state index in [1.807, 2.05) is 18.2 Å². The number of imide groups is 3. The van der Waals surface area contributed by atoms with Gasteiger partial charge in [-0.15, -0.1) is 0 Å². The van der Waals surface area contributed by atoms with Gasteiger partial charge in [0, 0.05) is 22.2 Å². The van der Waals surface area contributed by atoms with Gasteiger partial charge in [-0.1, -0.05) is 27.6 Å². The van der Waals surface area contributed by atoms with E-state index < -0.39 is 48.4 Å². The van der Waals surface area contributed by atoms with Crippen molar-refractivity contribution in [3.05, 3.63) is 69.5 Å². The fourth-order valence-electron chi connectivity index (χ4n) is 5.49. The highest BCUT2D eigenvalue weighted by molar-refractivity contribution is 9.10. The molecule has 3 N–H and O–H groups in total. The summed E-state index contributed by atoms with van der Waals surface area (Å²) in [4.78, 5) is 42.9. The van der Waals surface area contributed by atoms with E-state index in [4.69, 9.17) is 0 Å².